The van der Waals surface area contributed by atoms with E-state index in [2.05, 4.69) is 4.99 Å². The summed E-state index contributed by atoms with van der Waals surface area (Å²) in [6.45, 7) is 5.14. The third kappa shape index (κ3) is 3.97. The van der Waals surface area contributed by atoms with Crippen molar-refractivity contribution >= 4 is 33.9 Å². The summed E-state index contributed by atoms with van der Waals surface area (Å²) in [6, 6.07) is -0.264. The number of carbonyl (C=O) groups is 1. The van der Waals surface area contributed by atoms with Crippen molar-refractivity contribution in [3.63, 3.8) is 0 Å². The second-order valence-electron chi connectivity index (χ2n) is 2.02. The maximum absolute atomic E-state index is 11.2. The molecule has 0 radical (unpaired) electrons. The first kappa shape index (κ1) is 11.8. The number of hydrogen-bond donors (Lipinski definition) is 0. The predicted octanol–water partition coefficient (Wildman–Crippen LogP) is 2.41. The summed E-state index contributed by atoms with van der Waals surface area (Å²) in [7, 11) is 0. The number of nitrogens with zero attached hydrogens (tertiary/aromatic N) is 2. The molecule has 0 N–H and O–H groups in total. The third-order valence-corrected chi connectivity index (χ3v) is 2.36. The molecule has 0 saturated heterocycles. The summed E-state index contributed by atoms with van der Waals surface area (Å²) in [5, 5.41) is 0. The molecule has 0 rings (SSSR count). The van der Waals surface area contributed by atoms with Gasteiger partial charge in [-0.15, -0.1) is 0 Å². The van der Waals surface area contributed by atoms with E-state index in [0.717, 1.165) is 0 Å². The van der Waals surface area contributed by atoms with Gasteiger partial charge in [-0.2, -0.15) is 4.99 Å². The van der Waals surface area contributed by atoms with E-state index in [0.29, 0.717) is 13.1 Å². The van der Waals surface area contributed by atoms with Crippen molar-refractivity contribution < 1.29 is 4.79 Å². The van der Waals surface area contributed by atoms with Crippen LogP contribution in [0.5, 0.6) is 0 Å². The zero-order valence-corrected chi connectivity index (χ0v) is 9.08. The number of aliphatic imine (C=N–C) groups is 1. The minimum atomic E-state index is -0.264. The smallest absolute Gasteiger partial charge is 0.323 e. The summed E-state index contributed by atoms with van der Waals surface area (Å²) in [6.07, 6.45) is 1.78. The third-order valence-electron chi connectivity index (χ3n) is 1.39. The fraction of sp³-hybridized carbons (Fsp3) is 0.714. The first-order valence-electron chi connectivity index (χ1n) is 3.72. The van der Waals surface area contributed by atoms with Gasteiger partial charge < -0.3 is 4.90 Å². The summed E-state index contributed by atoms with van der Waals surface area (Å²) < 4.78 is 0.284. The van der Waals surface area contributed by atoms with Crippen LogP contribution in [0, 0.1) is 0 Å². The highest BCUT2D eigenvalue weighted by Gasteiger charge is 2.07. The van der Waals surface area contributed by atoms with Crippen LogP contribution in [0.4, 0.5) is 4.79 Å². The molecule has 3 nitrogen and oxygen atoms in total. The van der Waals surface area contributed by atoms with Crippen LogP contribution in [0.2, 0.25) is 0 Å². The molecule has 2 amide bonds. The van der Waals surface area contributed by atoms with Crippen LogP contribution in [-0.2, 0) is 0 Å². The number of rotatable bonds is 2. The van der Waals surface area contributed by atoms with Crippen molar-refractivity contribution in [2.75, 3.05) is 19.3 Å². The van der Waals surface area contributed by atoms with Gasteiger partial charge in [0.25, 0.3) is 0 Å². The van der Waals surface area contributed by atoms with Gasteiger partial charge in [0.2, 0.25) is 0 Å². The van der Waals surface area contributed by atoms with E-state index in [-0.39, 0.29) is 10.5 Å². The number of urea groups is 1. The van der Waals surface area contributed by atoms with Crippen molar-refractivity contribution in [2.45, 2.75) is 13.8 Å². The Hall–Kier alpha value is -0.220. The molecule has 0 unspecified atom stereocenters. The lowest BCUT2D eigenvalue weighted by Crippen LogP contribution is -2.27. The zero-order valence-electron chi connectivity index (χ0n) is 7.50. The highest BCUT2D eigenvalue weighted by Crippen LogP contribution is 2.04. The molecule has 0 saturated carbocycles. The first-order valence-corrected chi connectivity index (χ1v) is 5.33. The number of hydrogen-bond acceptors (Lipinski definition) is 2. The Morgan fingerprint density at radius 3 is 2.33 bits per heavy atom. The van der Waals surface area contributed by atoms with Gasteiger partial charge in [0.1, 0.15) is 0 Å². The fourth-order valence-corrected chi connectivity index (χ4v) is 0.927. The monoisotopic (exact) mass is 208 g/mol. The lowest BCUT2D eigenvalue weighted by molar-refractivity contribution is 0.213. The molecule has 0 aromatic rings. The van der Waals surface area contributed by atoms with Gasteiger partial charge in [-0.05, 0) is 20.1 Å². The normalized spacial score (nSPS) is 11.5. The van der Waals surface area contributed by atoms with Gasteiger partial charge in [0, 0.05) is 13.1 Å². The molecule has 0 spiro atoms. The topological polar surface area (TPSA) is 32.7 Å². The predicted molar refractivity (Wildman–Crippen MR) is 55.1 cm³/mol. The standard InChI is InChI=1S/C7H13ClN2OS/c1-4-10(5-2)7(11)9-6(8)12-3/h4-5H2,1-3H3. The van der Waals surface area contributed by atoms with Crippen LogP contribution >= 0.6 is 23.4 Å². The summed E-state index contributed by atoms with van der Waals surface area (Å²) in [5.41, 5.74) is 0. The molecule has 70 valence electrons. The molecule has 0 aliphatic carbocycles. The van der Waals surface area contributed by atoms with Gasteiger partial charge in [0.15, 0.2) is 4.50 Å². The number of amides is 2. The van der Waals surface area contributed by atoms with E-state index in [9.17, 15) is 4.79 Å². The SMILES string of the molecule is CCN(CC)C(=O)N=C(Cl)SC. The zero-order chi connectivity index (χ0) is 9.56. The Labute approximate surface area is 82.2 Å². The molecular formula is C7H13ClN2OS. The van der Waals surface area contributed by atoms with Crippen molar-refractivity contribution in [2.24, 2.45) is 4.99 Å². The Bertz CT molecular complexity index is 180. The van der Waals surface area contributed by atoms with Crippen molar-refractivity contribution in [1.29, 1.82) is 0 Å². The van der Waals surface area contributed by atoms with Gasteiger partial charge in [-0.1, -0.05) is 23.4 Å². The maximum Gasteiger partial charge on any atom is 0.345 e. The molecule has 5 heteroatoms. The van der Waals surface area contributed by atoms with Crippen LogP contribution < -0.4 is 0 Å². The molecule has 0 atom stereocenters. The van der Waals surface area contributed by atoms with Crippen molar-refractivity contribution in [1.82, 2.24) is 4.90 Å². The number of carbonyl (C=O) groups excluding carboxylic acids is 1. The molecule has 0 aliphatic heterocycles. The lowest BCUT2D eigenvalue weighted by Gasteiger charge is -2.14. The van der Waals surface area contributed by atoms with Crippen LogP contribution in [0.3, 0.4) is 0 Å². The van der Waals surface area contributed by atoms with Crippen LogP contribution in [0.25, 0.3) is 0 Å². The molecule has 0 aromatic heterocycles. The molecule has 12 heavy (non-hydrogen) atoms. The lowest BCUT2D eigenvalue weighted by atomic mass is 10.5. The molecule has 0 aliphatic rings. The van der Waals surface area contributed by atoms with Crippen LogP contribution in [-0.4, -0.2) is 34.8 Å². The minimum absolute atomic E-state index is 0.264. The van der Waals surface area contributed by atoms with E-state index in [1.807, 2.05) is 13.8 Å². The number of halogens is 1. The maximum atomic E-state index is 11.2. The highest BCUT2D eigenvalue weighted by atomic mass is 35.5. The van der Waals surface area contributed by atoms with Gasteiger partial charge in [-0.3, -0.25) is 0 Å². The molecule has 0 fully saturated rings. The average molecular weight is 209 g/mol. The summed E-state index contributed by atoms with van der Waals surface area (Å²) >= 11 is 6.84. The van der Waals surface area contributed by atoms with E-state index in [1.165, 1.54) is 11.8 Å². The quantitative estimate of drug-likeness (QED) is 0.516. The summed E-state index contributed by atoms with van der Waals surface area (Å²) in [5.74, 6) is 0. The van der Waals surface area contributed by atoms with Crippen LogP contribution in [0.1, 0.15) is 13.8 Å². The Morgan fingerprint density at radius 1 is 1.50 bits per heavy atom. The second kappa shape index (κ2) is 6.31. The van der Waals surface area contributed by atoms with E-state index < -0.39 is 0 Å². The largest absolute Gasteiger partial charge is 0.345 e. The second-order valence-corrected chi connectivity index (χ2v) is 3.40. The fourth-order valence-electron chi connectivity index (χ4n) is 0.686. The first-order chi connectivity index (χ1) is 5.65. The molecule has 0 bridgehead atoms. The van der Waals surface area contributed by atoms with Crippen molar-refractivity contribution in [3.8, 4) is 0 Å². The van der Waals surface area contributed by atoms with Crippen molar-refractivity contribution in [3.05, 3.63) is 0 Å². The van der Waals surface area contributed by atoms with E-state index in [4.69, 9.17) is 11.6 Å². The highest BCUT2D eigenvalue weighted by molar-refractivity contribution is 8.16. The Balaban J connectivity index is 4.18. The molecule has 0 heterocycles. The Kier molecular flexibility index (Phi) is 6.20. The Morgan fingerprint density at radius 2 is 2.00 bits per heavy atom. The average Bonchev–Trinajstić information content (AvgIpc) is 2.06. The van der Waals surface area contributed by atoms with Gasteiger partial charge in [-0.25, -0.2) is 4.79 Å². The summed E-state index contributed by atoms with van der Waals surface area (Å²) in [4.78, 5) is 16.5. The molecule has 0 aromatic carbocycles. The number of thioether (sulfide) groups is 1. The van der Waals surface area contributed by atoms with Gasteiger partial charge >= 0.3 is 6.03 Å². The van der Waals surface area contributed by atoms with Crippen LogP contribution in [0.15, 0.2) is 4.99 Å². The van der Waals surface area contributed by atoms with E-state index in [1.54, 1.807) is 11.2 Å². The van der Waals surface area contributed by atoms with E-state index >= 15 is 0 Å². The minimum Gasteiger partial charge on any atom is -0.323 e. The van der Waals surface area contributed by atoms with Gasteiger partial charge in [0.05, 0.1) is 0 Å². The molecular weight excluding hydrogens is 196 g/mol.